The summed E-state index contributed by atoms with van der Waals surface area (Å²) in [7, 11) is 1.84. The number of hydrogen-bond donors (Lipinski definition) is 0. The summed E-state index contributed by atoms with van der Waals surface area (Å²) in [6, 6.07) is 7.13. The standard InChI is InChI=1S/C14H17Cl2NO/c1-17(13-5-3-2-4-12(13)16)14(18)10-6-8-11(15)9-7-10/h6-9,12-13H,2-5H2,1H3. The molecular formula is C14H17Cl2NO. The van der Waals surface area contributed by atoms with Crippen LogP contribution >= 0.6 is 23.2 Å². The van der Waals surface area contributed by atoms with E-state index in [4.69, 9.17) is 23.2 Å². The summed E-state index contributed by atoms with van der Waals surface area (Å²) in [5, 5.41) is 0.710. The lowest BCUT2D eigenvalue weighted by Crippen LogP contribution is -2.44. The van der Waals surface area contributed by atoms with Crippen LogP contribution in [0.3, 0.4) is 0 Å². The van der Waals surface area contributed by atoms with Crippen molar-refractivity contribution in [2.24, 2.45) is 0 Å². The maximum Gasteiger partial charge on any atom is 0.253 e. The van der Waals surface area contributed by atoms with E-state index in [2.05, 4.69) is 0 Å². The molecule has 18 heavy (non-hydrogen) atoms. The molecule has 0 heterocycles. The molecule has 0 N–H and O–H groups in total. The van der Waals surface area contributed by atoms with Gasteiger partial charge in [0.05, 0.1) is 5.38 Å². The maximum atomic E-state index is 12.3. The zero-order chi connectivity index (χ0) is 13.1. The molecule has 4 heteroatoms. The second-order valence-corrected chi connectivity index (χ2v) is 5.79. The van der Waals surface area contributed by atoms with Crippen molar-refractivity contribution in [2.75, 3.05) is 7.05 Å². The van der Waals surface area contributed by atoms with Crippen LogP contribution in [0.5, 0.6) is 0 Å². The molecule has 98 valence electrons. The minimum Gasteiger partial charge on any atom is -0.337 e. The van der Waals surface area contributed by atoms with Gasteiger partial charge in [0.1, 0.15) is 0 Å². The summed E-state index contributed by atoms with van der Waals surface area (Å²) in [6.45, 7) is 0. The SMILES string of the molecule is CN(C(=O)c1ccc(Cl)cc1)C1CCCCC1Cl. The highest BCUT2D eigenvalue weighted by atomic mass is 35.5. The molecule has 0 spiro atoms. The molecule has 1 fully saturated rings. The van der Waals surface area contributed by atoms with Crippen LogP contribution < -0.4 is 0 Å². The van der Waals surface area contributed by atoms with E-state index in [1.165, 1.54) is 0 Å². The van der Waals surface area contributed by atoms with Gasteiger partial charge in [-0.2, -0.15) is 0 Å². The van der Waals surface area contributed by atoms with Gasteiger partial charge in [-0.25, -0.2) is 0 Å². The number of carbonyl (C=O) groups excluding carboxylic acids is 1. The van der Waals surface area contributed by atoms with Gasteiger partial charge >= 0.3 is 0 Å². The summed E-state index contributed by atoms with van der Waals surface area (Å²) in [5.41, 5.74) is 0.663. The molecule has 2 nitrogen and oxygen atoms in total. The van der Waals surface area contributed by atoms with Crippen molar-refractivity contribution in [3.05, 3.63) is 34.9 Å². The van der Waals surface area contributed by atoms with Crippen molar-refractivity contribution < 1.29 is 4.79 Å². The maximum absolute atomic E-state index is 12.3. The van der Waals surface area contributed by atoms with E-state index in [1.54, 1.807) is 29.2 Å². The molecule has 1 aliphatic carbocycles. The van der Waals surface area contributed by atoms with Crippen LogP contribution in [-0.4, -0.2) is 29.3 Å². The van der Waals surface area contributed by atoms with E-state index in [-0.39, 0.29) is 17.3 Å². The van der Waals surface area contributed by atoms with Gasteiger partial charge in [0.15, 0.2) is 0 Å². The van der Waals surface area contributed by atoms with Gasteiger partial charge in [-0.05, 0) is 37.1 Å². The van der Waals surface area contributed by atoms with Crippen LogP contribution in [0.4, 0.5) is 0 Å². The summed E-state index contributed by atoms with van der Waals surface area (Å²) < 4.78 is 0. The van der Waals surface area contributed by atoms with E-state index in [9.17, 15) is 4.79 Å². The minimum atomic E-state index is 0.0178. The van der Waals surface area contributed by atoms with Gasteiger partial charge in [-0.1, -0.05) is 24.4 Å². The Morgan fingerprint density at radius 3 is 2.44 bits per heavy atom. The molecule has 0 radical (unpaired) electrons. The van der Waals surface area contributed by atoms with Gasteiger partial charge < -0.3 is 4.90 Å². The summed E-state index contributed by atoms with van der Waals surface area (Å²) in [6.07, 6.45) is 4.29. The Balaban J connectivity index is 2.10. The smallest absolute Gasteiger partial charge is 0.253 e. The Morgan fingerprint density at radius 1 is 1.22 bits per heavy atom. The van der Waals surface area contributed by atoms with Gasteiger partial charge in [-0.3, -0.25) is 4.79 Å². The third-order valence-corrected chi connectivity index (χ3v) is 4.32. The molecule has 0 bridgehead atoms. The lowest BCUT2D eigenvalue weighted by Gasteiger charge is -2.35. The number of hydrogen-bond acceptors (Lipinski definition) is 1. The fourth-order valence-electron chi connectivity index (χ4n) is 2.45. The van der Waals surface area contributed by atoms with Crippen LogP contribution in [0.25, 0.3) is 0 Å². The highest BCUT2D eigenvalue weighted by Crippen LogP contribution is 2.27. The molecule has 0 aromatic heterocycles. The Morgan fingerprint density at radius 2 is 1.83 bits per heavy atom. The number of alkyl halides is 1. The third-order valence-electron chi connectivity index (χ3n) is 3.56. The van der Waals surface area contributed by atoms with Crippen LogP contribution in [0.1, 0.15) is 36.0 Å². The van der Waals surface area contributed by atoms with Crippen molar-refractivity contribution in [1.29, 1.82) is 0 Å². The Bertz CT molecular complexity index is 418. The van der Waals surface area contributed by atoms with Crippen molar-refractivity contribution >= 4 is 29.1 Å². The zero-order valence-corrected chi connectivity index (χ0v) is 11.9. The number of benzene rings is 1. The van der Waals surface area contributed by atoms with Crippen molar-refractivity contribution in [2.45, 2.75) is 37.1 Å². The fraction of sp³-hybridized carbons (Fsp3) is 0.500. The van der Waals surface area contributed by atoms with E-state index in [1.807, 2.05) is 7.05 Å². The topological polar surface area (TPSA) is 20.3 Å². The van der Waals surface area contributed by atoms with Crippen molar-refractivity contribution in [3.8, 4) is 0 Å². The average Bonchev–Trinajstić information content (AvgIpc) is 2.38. The summed E-state index contributed by atoms with van der Waals surface area (Å²) in [4.78, 5) is 14.1. The first kappa shape index (κ1) is 13.7. The first-order valence-electron chi connectivity index (χ1n) is 6.26. The predicted molar refractivity (Wildman–Crippen MR) is 75.4 cm³/mol. The lowest BCUT2D eigenvalue weighted by molar-refractivity contribution is 0.0700. The molecule has 1 aromatic carbocycles. The lowest BCUT2D eigenvalue weighted by atomic mass is 9.93. The summed E-state index contributed by atoms with van der Waals surface area (Å²) in [5.74, 6) is 0.0178. The molecule has 2 unspecified atom stereocenters. The second-order valence-electron chi connectivity index (χ2n) is 4.79. The van der Waals surface area contributed by atoms with E-state index in [0.717, 1.165) is 25.7 Å². The quantitative estimate of drug-likeness (QED) is 0.753. The molecule has 2 rings (SSSR count). The number of amides is 1. The summed E-state index contributed by atoms with van der Waals surface area (Å²) >= 11 is 12.1. The largest absolute Gasteiger partial charge is 0.337 e. The van der Waals surface area contributed by atoms with Gasteiger partial charge in [0.2, 0.25) is 0 Å². The first-order chi connectivity index (χ1) is 8.59. The van der Waals surface area contributed by atoms with Crippen LogP contribution in [0.15, 0.2) is 24.3 Å². The van der Waals surface area contributed by atoms with Crippen LogP contribution in [0.2, 0.25) is 5.02 Å². The Kier molecular flexibility index (Phi) is 4.52. The van der Waals surface area contributed by atoms with Crippen molar-refractivity contribution in [1.82, 2.24) is 4.90 Å². The van der Waals surface area contributed by atoms with Crippen molar-refractivity contribution in [3.63, 3.8) is 0 Å². The molecule has 1 saturated carbocycles. The Labute approximate surface area is 118 Å². The van der Waals surface area contributed by atoms with E-state index < -0.39 is 0 Å². The zero-order valence-electron chi connectivity index (χ0n) is 10.4. The third kappa shape index (κ3) is 2.99. The van der Waals surface area contributed by atoms with Gasteiger partial charge in [0, 0.05) is 23.7 Å². The highest BCUT2D eigenvalue weighted by molar-refractivity contribution is 6.30. The van der Waals surface area contributed by atoms with E-state index >= 15 is 0 Å². The molecule has 2 atom stereocenters. The number of rotatable bonds is 2. The normalized spacial score (nSPS) is 23.7. The molecule has 1 amide bonds. The number of halogens is 2. The first-order valence-corrected chi connectivity index (χ1v) is 7.08. The van der Waals surface area contributed by atoms with Gasteiger partial charge in [0.25, 0.3) is 5.91 Å². The average molecular weight is 286 g/mol. The Hall–Kier alpha value is -0.730. The molecule has 0 aliphatic heterocycles. The fourth-order valence-corrected chi connectivity index (χ4v) is 3.02. The van der Waals surface area contributed by atoms with Gasteiger partial charge in [-0.15, -0.1) is 11.6 Å². The van der Waals surface area contributed by atoms with Crippen LogP contribution in [0, 0.1) is 0 Å². The number of carbonyl (C=O) groups is 1. The molecule has 0 saturated heterocycles. The number of nitrogens with zero attached hydrogens (tertiary/aromatic N) is 1. The molecule has 1 aliphatic rings. The highest BCUT2D eigenvalue weighted by Gasteiger charge is 2.29. The minimum absolute atomic E-state index is 0.0178. The predicted octanol–water partition coefficient (Wildman–Crippen LogP) is 3.96. The molecular weight excluding hydrogens is 269 g/mol. The molecule has 1 aromatic rings. The van der Waals surface area contributed by atoms with Crippen LogP contribution in [-0.2, 0) is 0 Å². The monoisotopic (exact) mass is 285 g/mol. The van der Waals surface area contributed by atoms with E-state index in [0.29, 0.717) is 10.6 Å². The second kappa shape index (κ2) is 5.94.